The van der Waals surface area contributed by atoms with Crippen LogP contribution in [-0.4, -0.2) is 16.4 Å². The summed E-state index contributed by atoms with van der Waals surface area (Å²) in [5.41, 5.74) is 7.19. The van der Waals surface area contributed by atoms with Crippen LogP contribution in [0.4, 0.5) is 0 Å². The highest BCUT2D eigenvalue weighted by Crippen LogP contribution is 2.12. The zero-order valence-corrected chi connectivity index (χ0v) is 15.6. The van der Waals surface area contributed by atoms with Gasteiger partial charge >= 0.3 is 0 Å². The Bertz CT molecular complexity index is 759. The largest absolute Gasteiger partial charge is 0.256 e. The van der Waals surface area contributed by atoms with Crippen molar-refractivity contribution < 1.29 is 0 Å². The average Bonchev–Trinajstić information content (AvgIpc) is 2.59. The summed E-state index contributed by atoms with van der Waals surface area (Å²) in [5.74, 6) is 0. The van der Waals surface area contributed by atoms with Gasteiger partial charge < -0.3 is 0 Å². The van der Waals surface area contributed by atoms with E-state index in [1.54, 1.807) is 0 Å². The van der Waals surface area contributed by atoms with Crippen molar-refractivity contribution in [1.29, 1.82) is 0 Å². The third-order valence-corrected chi connectivity index (χ3v) is 3.89. The van der Waals surface area contributed by atoms with Crippen LogP contribution in [0.2, 0.25) is 0 Å². The van der Waals surface area contributed by atoms with E-state index in [4.69, 9.17) is 0 Å². The molecule has 0 saturated heterocycles. The lowest BCUT2D eigenvalue weighted by Crippen LogP contribution is -2.06. The molecular weight excluding hydrogens is 294 g/mol. The number of hydrogen-bond acceptors (Lipinski definition) is 3. The van der Waals surface area contributed by atoms with Gasteiger partial charge in [0.05, 0.1) is 28.5 Å². The molecule has 0 amide bonds. The topological polar surface area (TPSA) is 37.6 Å². The second-order valence-corrected chi connectivity index (χ2v) is 5.69. The molecule has 0 spiro atoms. The first kappa shape index (κ1) is 19.5. The van der Waals surface area contributed by atoms with E-state index in [1.165, 1.54) is 0 Å². The molecule has 3 heteroatoms. The van der Waals surface area contributed by atoms with Crippen molar-refractivity contribution in [3.63, 3.8) is 0 Å². The minimum Gasteiger partial charge on any atom is -0.256 e. The minimum absolute atomic E-state index is 0.757. The predicted molar refractivity (Wildman–Crippen MR) is 106 cm³/mol. The predicted octanol–water partition coefficient (Wildman–Crippen LogP) is 5.66. The third kappa shape index (κ3) is 5.27. The highest BCUT2D eigenvalue weighted by molar-refractivity contribution is 6.01. The lowest BCUT2D eigenvalue weighted by Gasteiger charge is -2.07. The van der Waals surface area contributed by atoms with E-state index in [2.05, 4.69) is 28.1 Å². The number of pyridine rings is 1. The van der Waals surface area contributed by atoms with E-state index in [9.17, 15) is 0 Å². The first-order valence-corrected chi connectivity index (χ1v) is 8.00. The van der Waals surface area contributed by atoms with Crippen LogP contribution in [-0.2, 0) is 0 Å². The van der Waals surface area contributed by atoms with Crippen molar-refractivity contribution >= 4 is 11.4 Å². The second kappa shape index (κ2) is 8.92. The standard InChI is InChI=1S/C21H27N3/c1-9-14(3)16(5)22-18(7)20-12-11-13-21(24-20)19(8)23-17(6)15(4)10-2/h9-13H,1,6H2,2-5,7-8H3/b15-10-,16-14+,22-18?,23-19?. The summed E-state index contributed by atoms with van der Waals surface area (Å²) in [6, 6.07) is 5.88. The molecule has 0 radical (unpaired) electrons. The first-order valence-electron chi connectivity index (χ1n) is 8.00. The highest BCUT2D eigenvalue weighted by atomic mass is 14.8. The molecule has 0 aliphatic carbocycles. The molecule has 24 heavy (non-hydrogen) atoms. The maximum absolute atomic E-state index is 4.68. The maximum atomic E-state index is 4.68. The fraction of sp³-hybridized carbons (Fsp3) is 0.286. The average molecular weight is 321 g/mol. The minimum atomic E-state index is 0.757. The SMILES string of the molecule is C=C/C(C)=C(\C)N=C(C)c1cccc(C(C)=NC(=C)/C(C)=C\C)n1. The summed E-state index contributed by atoms with van der Waals surface area (Å²) in [6.07, 6.45) is 3.80. The van der Waals surface area contributed by atoms with E-state index in [0.717, 1.165) is 45.4 Å². The molecule has 1 aromatic rings. The van der Waals surface area contributed by atoms with Gasteiger partial charge in [0, 0.05) is 5.70 Å². The van der Waals surface area contributed by atoms with Crippen molar-refractivity contribution in [3.8, 4) is 0 Å². The van der Waals surface area contributed by atoms with Gasteiger partial charge in [-0.15, -0.1) is 0 Å². The van der Waals surface area contributed by atoms with Gasteiger partial charge in [-0.2, -0.15) is 0 Å². The van der Waals surface area contributed by atoms with E-state index >= 15 is 0 Å². The molecule has 0 fully saturated rings. The molecule has 0 aliphatic heterocycles. The summed E-state index contributed by atoms with van der Waals surface area (Å²) < 4.78 is 0. The normalized spacial score (nSPS) is 14.3. The number of nitrogens with zero attached hydrogens (tertiary/aromatic N) is 3. The molecule has 0 aliphatic rings. The lowest BCUT2D eigenvalue weighted by atomic mass is 10.2. The molecule has 1 heterocycles. The van der Waals surface area contributed by atoms with E-state index in [-0.39, 0.29) is 0 Å². The molecule has 0 N–H and O–H groups in total. The van der Waals surface area contributed by atoms with Crippen molar-refractivity contribution in [2.75, 3.05) is 0 Å². The van der Waals surface area contributed by atoms with Crippen LogP contribution in [0.1, 0.15) is 52.9 Å². The molecule has 1 rings (SSSR count). The number of rotatable bonds is 6. The third-order valence-electron chi connectivity index (χ3n) is 3.89. The van der Waals surface area contributed by atoms with Crippen molar-refractivity contribution in [2.24, 2.45) is 9.98 Å². The Hall–Kier alpha value is -2.55. The van der Waals surface area contributed by atoms with Gasteiger partial charge in [-0.3, -0.25) is 9.98 Å². The number of aliphatic imine (C=N–C) groups is 2. The van der Waals surface area contributed by atoms with E-state index in [0.29, 0.717) is 0 Å². The van der Waals surface area contributed by atoms with Crippen molar-refractivity contribution in [2.45, 2.75) is 41.5 Å². The maximum Gasteiger partial charge on any atom is 0.0849 e. The summed E-state index contributed by atoms with van der Waals surface area (Å²) in [4.78, 5) is 13.8. The van der Waals surface area contributed by atoms with E-state index in [1.807, 2.05) is 71.9 Å². The Morgan fingerprint density at radius 2 is 1.54 bits per heavy atom. The fourth-order valence-electron chi connectivity index (χ4n) is 1.90. The molecule has 1 aromatic heterocycles. The fourth-order valence-corrected chi connectivity index (χ4v) is 1.90. The number of hydrogen-bond donors (Lipinski definition) is 0. The smallest absolute Gasteiger partial charge is 0.0849 e. The van der Waals surface area contributed by atoms with Crippen molar-refractivity contribution in [3.05, 3.63) is 77.4 Å². The Balaban J connectivity index is 3.20. The van der Waals surface area contributed by atoms with Gasteiger partial charge in [-0.25, -0.2) is 4.98 Å². The zero-order chi connectivity index (χ0) is 18.3. The van der Waals surface area contributed by atoms with E-state index < -0.39 is 0 Å². The summed E-state index contributed by atoms with van der Waals surface area (Å²) in [5, 5.41) is 0. The Labute approximate surface area is 146 Å². The van der Waals surface area contributed by atoms with Crippen LogP contribution >= 0.6 is 0 Å². The Morgan fingerprint density at radius 1 is 1.00 bits per heavy atom. The molecule has 0 saturated carbocycles. The van der Waals surface area contributed by atoms with Crippen molar-refractivity contribution in [1.82, 2.24) is 4.98 Å². The molecule has 0 atom stereocenters. The summed E-state index contributed by atoms with van der Waals surface area (Å²) >= 11 is 0. The molecule has 3 nitrogen and oxygen atoms in total. The lowest BCUT2D eigenvalue weighted by molar-refractivity contribution is 1.19. The molecule has 126 valence electrons. The number of aromatic nitrogens is 1. The molecular formula is C21H27N3. The van der Waals surface area contributed by atoms with Crippen LogP contribution in [0.3, 0.4) is 0 Å². The van der Waals surface area contributed by atoms with Crippen LogP contribution in [0.25, 0.3) is 0 Å². The van der Waals surface area contributed by atoms with Gasteiger partial charge in [-0.1, -0.05) is 31.4 Å². The molecule has 0 aromatic carbocycles. The Kier molecular flexibility index (Phi) is 7.25. The summed E-state index contributed by atoms with van der Waals surface area (Å²) in [7, 11) is 0. The number of allylic oxidation sites excluding steroid dienone is 5. The van der Waals surface area contributed by atoms with Gasteiger partial charge in [0.15, 0.2) is 0 Å². The highest BCUT2D eigenvalue weighted by Gasteiger charge is 2.05. The van der Waals surface area contributed by atoms with Gasteiger partial charge in [0.2, 0.25) is 0 Å². The van der Waals surface area contributed by atoms with Gasteiger partial charge in [-0.05, 0) is 64.8 Å². The monoisotopic (exact) mass is 321 g/mol. The quantitative estimate of drug-likeness (QED) is 0.492. The van der Waals surface area contributed by atoms with Crippen LogP contribution in [0.5, 0.6) is 0 Å². The van der Waals surface area contributed by atoms with Crippen LogP contribution in [0, 0.1) is 0 Å². The second-order valence-electron chi connectivity index (χ2n) is 5.69. The first-order chi connectivity index (χ1) is 11.3. The van der Waals surface area contributed by atoms with Gasteiger partial charge in [0.1, 0.15) is 0 Å². The molecule has 0 unspecified atom stereocenters. The Morgan fingerprint density at radius 3 is 2.04 bits per heavy atom. The van der Waals surface area contributed by atoms with Gasteiger partial charge in [0.25, 0.3) is 0 Å². The van der Waals surface area contributed by atoms with Crippen LogP contribution < -0.4 is 0 Å². The zero-order valence-electron chi connectivity index (χ0n) is 15.6. The summed E-state index contributed by atoms with van der Waals surface area (Å²) in [6.45, 7) is 19.6. The van der Waals surface area contributed by atoms with Crippen LogP contribution in [0.15, 0.2) is 76.0 Å². The molecule has 0 bridgehead atoms.